The maximum absolute atomic E-state index is 4.56. The molecule has 104 valence electrons. The number of rotatable bonds is 5. The molecule has 0 aromatic carbocycles. The Balaban J connectivity index is 1.73. The highest BCUT2D eigenvalue weighted by Crippen LogP contribution is 2.34. The zero-order chi connectivity index (χ0) is 13.2. The van der Waals surface area contributed by atoms with Crippen LogP contribution in [0.15, 0.2) is 12.4 Å². The molecule has 1 aromatic rings. The van der Waals surface area contributed by atoms with Crippen molar-refractivity contribution in [1.82, 2.24) is 20.2 Å². The van der Waals surface area contributed by atoms with E-state index in [4.69, 9.17) is 0 Å². The molecule has 1 aromatic heterocycles. The topological polar surface area (TPSA) is 41.1 Å². The highest BCUT2D eigenvalue weighted by molar-refractivity contribution is 5.14. The average molecular weight is 260 g/mol. The molecule has 0 amide bonds. The fourth-order valence-electron chi connectivity index (χ4n) is 3.18. The Kier molecular flexibility index (Phi) is 3.80. The maximum atomic E-state index is 4.56. The van der Waals surface area contributed by atoms with Gasteiger partial charge in [0.2, 0.25) is 0 Å². The Morgan fingerprint density at radius 3 is 2.74 bits per heavy atom. The highest BCUT2D eigenvalue weighted by atomic mass is 15.2. The Bertz CT molecular complexity index is 424. The average Bonchev–Trinajstić information content (AvgIpc) is 3.13. The first-order valence-electron chi connectivity index (χ1n) is 7.52. The second-order valence-electron chi connectivity index (χ2n) is 5.92. The van der Waals surface area contributed by atoms with Gasteiger partial charge in [-0.15, -0.1) is 0 Å². The summed E-state index contributed by atoms with van der Waals surface area (Å²) in [6.45, 7) is 6.69. The molecule has 1 saturated heterocycles. The van der Waals surface area contributed by atoms with Crippen LogP contribution < -0.4 is 5.32 Å². The third-order valence-corrected chi connectivity index (χ3v) is 4.42. The molecule has 19 heavy (non-hydrogen) atoms. The molecular weight excluding hydrogens is 236 g/mol. The maximum Gasteiger partial charge on any atom is 0.0784 e. The van der Waals surface area contributed by atoms with Crippen molar-refractivity contribution in [2.75, 3.05) is 13.1 Å². The summed E-state index contributed by atoms with van der Waals surface area (Å²) in [6, 6.07) is 1.81. The smallest absolute Gasteiger partial charge is 0.0784 e. The molecule has 2 aliphatic rings. The molecular formula is C15H24N4. The molecule has 2 unspecified atom stereocenters. The summed E-state index contributed by atoms with van der Waals surface area (Å²) < 4.78 is 0. The Morgan fingerprint density at radius 1 is 1.32 bits per heavy atom. The zero-order valence-electron chi connectivity index (χ0n) is 12.0. The quantitative estimate of drug-likeness (QED) is 0.880. The SMILES string of the molecule is Cc1nccnc1C(C)N(CC1CCCN1)C1CC1. The van der Waals surface area contributed by atoms with Gasteiger partial charge in [-0.3, -0.25) is 14.9 Å². The standard InChI is InChI=1S/C15H24N4/c1-11-15(18-9-8-16-11)12(2)19(14-5-6-14)10-13-4-3-7-17-13/h8-9,12-14,17H,3-7,10H2,1-2H3. The summed E-state index contributed by atoms with van der Waals surface area (Å²) in [5.41, 5.74) is 2.22. The van der Waals surface area contributed by atoms with E-state index in [0.29, 0.717) is 12.1 Å². The van der Waals surface area contributed by atoms with Crippen molar-refractivity contribution in [2.45, 2.75) is 57.7 Å². The van der Waals surface area contributed by atoms with Crippen molar-refractivity contribution in [3.63, 3.8) is 0 Å². The van der Waals surface area contributed by atoms with Crippen LogP contribution in [0.3, 0.4) is 0 Å². The number of hydrogen-bond acceptors (Lipinski definition) is 4. The third kappa shape index (κ3) is 2.95. The first kappa shape index (κ1) is 13.0. The van der Waals surface area contributed by atoms with Gasteiger partial charge in [0, 0.05) is 31.0 Å². The molecule has 4 nitrogen and oxygen atoms in total. The van der Waals surface area contributed by atoms with Crippen molar-refractivity contribution in [3.8, 4) is 0 Å². The fraction of sp³-hybridized carbons (Fsp3) is 0.733. The largest absolute Gasteiger partial charge is 0.313 e. The van der Waals surface area contributed by atoms with Crippen LogP contribution >= 0.6 is 0 Å². The summed E-state index contributed by atoms with van der Waals surface area (Å²) in [6.07, 6.45) is 8.92. The van der Waals surface area contributed by atoms with Crippen LogP contribution in [0.2, 0.25) is 0 Å². The van der Waals surface area contributed by atoms with E-state index in [0.717, 1.165) is 24.0 Å². The molecule has 0 radical (unpaired) electrons. The summed E-state index contributed by atoms with van der Waals surface area (Å²) >= 11 is 0. The Labute approximate surface area is 115 Å². The normalized spacial score (nSPS) is 24.9. The Morgan fingerprint density at radius 2 is 2.11 bits per heavy atom. The van der Waals surface area contributed by atoms with E-state index in [-0.39, 0.29) is 0 Å². The molecule has 2 heterocycles. The van der Waals surface area contributed by atoms with Gasteiger partial charge in [0.05, 0.1) is 17.4 Å². The molecule has 1 aliphatic heterocycles. The highest BCUT2D eigenvalue weighted by Gasteiger charge is 2.35. The van der Waals surface area contributed by atoms with Crippen molar-refractivity contribution >= 4 is 0 Å². The monoisotopic (exact) mass is 260 g/mol. The number of nitrogens with zero attached hydrogens (tertiary/aromatic N) is 3. The van der Waals surface area contributed by atoms with Crippen LogP contribution in [0, 0.1) is 6.92 Å². The van der Waals surface area contributed by atoms with Crippen molar-refractivity contribution < 1.29 is 0 Å². The molecule has 2 atom stereocenters. The lowest BCUT2D eigenvalue weighted by molar-refractivity contribution is 0.178. The van der Waals surface area contributed by atoms with Crippen LogP contribution in [-0.2, 0) is 0 Å². The molecule has 0 bridgehead atoms. The van der Waals surface area contributed by atoms with Gasteiger partial charge < -0.3 is 5.32 Å². The van der Waals surface area contributed by atoms with Crippen molar-refractivity contribution in [3.05, 3.63) is 23.8 Å². The second-order valence-corrected chi connectivity index (χ2v) is 5.92. The first-order valence-corrected chi connectivity index (χ1v) is 7.52. The number of aromatic nitrogens is 2. The molecule has 1 N–H and O–H groups in total. The van der Waals surface area contributed by atoms with Gasteiger partial charge >= 0.3 is 0 Å². The van der Waals surface area contributed by atoms with Crippen molar-refractivity contribution in [2.24, 2.45) is 0 Å². The molecule has 0 spiro atoms. The minimum atomic E-state index is 0.378. The molecule has 4 heteroatoms. The molecule has 1 saturated carbocycles. The molecule has 1 aliphatic carbocycles. The summed E-state index contributed by atoms with van der Waals surface area (Å²) in [7, 11) is 0. The van der Waals surface area contributed by atoms with E-state index in [2.05, 4.69) is 34.0 Å². The Hall–Kier alpha value is -1.00. The minimum Gasteiger partial charge on any atom is -0.313 e. The van der Waals surface area contributed by atoms with Crippen LogP contribution in [0.5, 0.6) is 0 Å². The second kappa shape index (κ2) is 5.55. The van der Waals surface area contributed by atoms with Crippen LogP contribution in [0.4, 0.5) is 0 Å². The van der Waals surface area contributed by atoms with Gasteiger partial charge in [0.15, 0.2) is 0 Å². The lowest BCUT2D eigenvalue weighted by Crippen LogP contribution is -2.40. The lowest BCUT2D eigenvalue weighted by atomic mass is 10.1. The van der Waals surface area contributed by atoms with Gasteiger partial charge in [0.25, 0.3) is 0 Å². The van der Waals surface area contributed by atoms with Crippen molar-refractivity contribution in [1.29, 1.82) is 0 Å². The van der Waals surface area contributed by atoms with Crippen LogP contribution in [0.25, 0.3) is 0 Å². The summed E-state index contributed by atoms with van der Waals surface area (Å²) in [4.78, 5) is 11.6. The zero-order valence-corrected chi connectivity index (χ0v) is 12.0. The van der Waals surface area contributed by atoms with Gasteiger partial charge in [-0.2, -0.15) is 0 Å². The van der Waals surface area contributed by atoms with Crippen LogP contribution in [-0.4, -0.2) is 40.0 Å². The minimum absolute atomic E-state index is 0.378. The lowest BCUT2D eigenvalue weighted by Gasteiger charge is -2.31. The van der Waals surface area contributed by atoms with Gasteiger partial charge in [-0.05, 0) is 46.1 Å². The molecule has 2 fully saturated rings. The van der Waals surface area contributed by atoms with E-state index < -0.39 is 0 Å². The fourth-order valence-corrected chi connectivity index (χ4v) is 3.18. The third-order valence-electron chi connectivity index (χ3n) is 4.42. The van der Waals surface area contributed by atoms with E-state index >= 15 is 0 Å². The number of hydrogen-bond donors (Lipinski definition) is 1. The predicted molar refractivity (Wildman–Crippen MR) is 75.9 cm³/mol. The number of aryl methyl sites for hydroxylation is 1. The van der Waals surface area contributed by atoms with E-state index in [1.807, 2.05) is 6.20 Å². The summed E-state index contributed by atoms with van der Waals surface area (Å²) in [5, 5.41) is 3.61. The van der Waals surface area contributed by atoms with E-state index in [9.17, 15) is 0 Å². The summed E-state index contributed by atoms with van der Waals surface area (Å²) in [5.74, 6) is 0. The van der Waals surface area contributed by atoms with E-state index in [1.54, 1.807) is 6.20 Å². The van der Waals surface area contributed by atoms with E-state index in [1.165, 1.54) is 32.2 Å². The van der Waals surface area contributed by atoms with Gasteiger partial charge in [-0.1, -0.05) is 0 Å². The first-order chi connectivity index (χ1) is 9.25. The van der Waals surface area contributed by atoms with Crippen LogP contribution in [0.1, 0.15) is 50.0 Å². The van der Waals surface area contributed by atoms with Gasteiger partial charge in [-0.25, -0.2) is 0 Å². The molecule has 3 rings (SSSR count). The number of nitrogens with one attached hydrogen (secondary N) is 1. The predicted octanol–water partition coefficient (Wildman–Crippen LogP) is 2.06. The van der Waals surface area contributed by atoms with Gasteiger partial charge in [0.1, 0.15) is 0 Å².